The summed E-state index contributed by atoms with van der Waals surface area (Å²) in [6, 6.07) is -0.708. The number of carbonyl (C=O) groups is 1. The molecule has 2 amide bonds. The molecule has 19 heavy (non-hydrogen) atoms. The maximum absolute atomic E-state index is 11.7. The average Bonchev–Trinajstić information content (AvgIpc) is 2.70. The summed E-state index contributed by atoms with van der Waals surface area (Å²) in [7, 11) is 0. The summed E-state index contributed by atoms with van der Waals surface area (Å²) in [6.07, 6.45) is -2.88. The molecule has 4 atom stereocenters. The van der Waals surface area contributed by atoms with Crippen LogP contribution >= 0.6 is 0 Å². The quantitative estimate of drug-likeness (QED) is 0.339. The van der Waals surface area contributed by atoms with Crippen LogP contribution in [0.2, 0.25) is 0 Å². The summed E-state index contributed by atoms with van der Waals surface area (Å²) in [4.78, 5) is 22.6. The van der Waals surface area contributed by atoms with E-state index in [-0.39, 0.29) is 13.0 Å². The van der Waals surface area contributed by atoms with E-state index < -0.39 is 41.3 Å². The van der Waals surface area contributed by atoms with E-state index in [1.54, 1.807) is 0 Å². The van der Waals surface area contributed by atoms with Crippen molar-refractivity contribution in [3.05, 3.63) is 22.0 Å². The van der Waals surface area contributed by atoms with Gasteiger partial charge in [-0.3, -0.25) is 15.0 Å². The number of amides is 2. The molecule has 2 rings (SSSR count). The van der Waals surface area contributed by atoms with Crippen LogP contribution in [0.4, 0.5) is 4.79 Å². The molecule has 0 radical (unpaired) electrons. The van der Waals surface area contributed by atoms with Gasteiger partial charge in [0, 0.05) is 6.42 Å². The number of nitrogens with one attached hydrogen (secondary N) is 1. The minimum Gasteiger partial charge on any atom is -0.394 e. The number of nitro groups is 1. The van der Waals surface area contributed by atoms with E-state index in [0.29, 0.717) is 0 Å². The fourth-order valence-corrected chi connectivity index (χ4v) is 2.01. The van der Waals surface area contributed by atoms with Gasteiger partial charge in [-0.2, -0.15) is 0 Å². The zero-order valence-corrected chi connectivity index (χ0v) is 9.80. The van der Waals surface area contributed by atoms with Crippen LogP contribution in [0.15, 0.2) is 11.9 Å². The van der Waals surface area contributed by atoms with Gasteiger partial charge in [0.05, 0.1) is 23.8 Å². The van der Waals surface area contributed by atoms with Crippen molar-refractivity contribution in [2.75, 3.05) is 6.61 Å². The molecule has 0 aromatic carbocycles. The highest BCUT2D eigenvalue weighted by Crippen LogP contribution is 2.25. The van der Waals surface area contributed by atoms with Crippen molar-refractivity contribution in [1.82, 2.24) is 10.2 Å². The van der Waals surface area contributed by atoms with E-state index in [1.807, 2.05) is 0 Å². The minimum absolute atomic E-state index is 0.138. The van der Waals surface area contributed by atoms with Crippen LogP contribution in [0.5, 0.6) is 0 Å². The second kappa shape index (κ2) is 5.09. The van der Waals surface area contributed by atoms with Crippen LogP contribution in [-0.4, -0.2) is 57.3 Å². The number of urea groups is 1. The van der Waals surface area contributed by atoms with Crippen LogP contribution in [-0.2, 0) is 4.74 Å². The lowest BCUT2D eigenvalue weighted by Gasteiger charge is -2.31. The lowest BCUT2D eigenvalue weighted by Crippen LogP contribution is -2.57. The number of hydrogen-bond acceptors (Lipinski definition) is 7. The van der Waals surface area contributed by atoms with Gasteiger partial charge in [-0.05, 0) is 0 Å². The lowest BCUT2D eigenvalue weighted by molar-refractivity contribution is -0.432. The first-order valence-corrected chi connectivity index (χ1v) is 5.59. The number of carbonyl (C=O) groups excluding carboxylic acids is 1. The molecule has 106 valence electrons. The first kappa shape index (κ1) is 13.7. The fraction of sp³-hybridized carbons (Fsp3) is 0.667. The van der Waals surface area contributed by atoms with Crippen molar-refractivity contribution in [1.29, 1.82) is 0 Å². The summed E-state index contributed by atoms with van der Waals surface area (Å²) < 4.78 is 5.25. The highest BCUT2D eigenvalue weighted by atomic mass is 16.6. The number of nitrogens with two attached hydrogens (primary N) is 1. The summed E-state index contributed by atoms with van der Waals surface area (Å²) in [6.45, 7) is -0.311. The van der Waals surface area contributed by atoms with Crippen molar-refractivity contribution in [3.63, 3.8) is 0 Å². The van der Waals surface area contributed by atoms with Gasteiger partial charge in [-0.15, -0.1) is 0 Å². The largest absolute Gasteiger partial charge is 0.394 e. The van der Waals surface area contributed by atoms with Crippen molar-refractivity contribution in [2.45, 2.75) is 31.0 Å². The summed E-state index contributed by atoms with van der Waals surface area (Å²) in [5.74, 6) is 0. The molecule has 5 N–H and O–H groups in total. The predicted molar refractivity (Wildman–Crippen MR) is 59.8 cm³/mol. The number of aliphatic hydroxyl groups is 2. The molecular weight excluding hydrogens is 260 g/mol. The Morgan fingerprint density at radius 1 is 1.68 bits per heavy atom. The van der Waals surface area contributed by atoms with E-state index in [1.165, 1.54) is 0 Å². The zero-order valence-electron chi connectivity index (χ0n) is 9.80. The van der Waals surface area contributed by atoms with E-state index >= 15 is 0 Å². The second-order valence-electron chi connectivity index (χ2n) is 4.28. The van der Waals surface area contributed by atoms with Crippen LogP contribution in [0.1, 0.15) is 6.42 Å². The molecule has 0 bridgehead atoms. The molecule has 1 fully saturated rings. The van der Waals surface area contributed by atoms with Crippen LogP contribution < -0.4 is 11.1 Å². The molecule has 1 unspecified atom stereocenters. The van der Waals surface area contributed by atoms with Crippen molar-refractivity contribution in [2.24, 2.45) is 5.73 Å². The molecule has 0 saturated carbocycles. The van der Waals surface area contributed by atoms with Gasteiger partial charge in [0.15, 0.2) is 12.4 Å². The SMILES string of the molecule is NC1NC(=O)N([C@@H]2O[C@H](CO)C[C@@H]2O)C=C1[N+](=O)[O-]. The third kappa shape index (κ3) is 2.51. The summed E-state index contributed by atoms with van der Waals surface area (Å²) >= 11 is 0. The Bertz CT molecular complexity index is 427. The molecule has 2 aliphatic rings. The Hall–Kier alpha value is -1.75. The number of nitrogens with zero attached hydrogens (tertiary/aromatic N) is 2. The van der Waals surface area contributed by atoms with Crippen LogP contribution in [0, 0.1) is 10.1 Å². The monoisotopic (exact) mass is 274 g/mol. The molecule has 10 nitrogen and oxygen atoms in total. The van der Waals surface area contributed by atoms with E-state index in [4.69, 9.17) is 15.6 Å². The van der Waals surface area contributed by atoms with Gasteiger partial charge in [0.2, 0.25) is 0 Å². The smallest absolute Gasteiger partial charge is 0.325 e. The molecule has 0 aliphatic carbocycles. The second-order valence-corrected chi connectivity index (χ2v) is 4.28. The molecular formula is C9H14N4O6. The highest BCUT2D eigenvalue weighted by molar-refractivity contribution is 5.77. The molecule has 10 heteroatoms. The minimum atomic E-state index is -1.22. The molecule has 0 spiro atoms. The number of ether oxygens (including phenoxy) is 1. The average molecular weight is 274 g/mol. The third-order valence-corrected chi connectivity index (χ3v) is 2.96. The van der Waals surface area contributed by atoms with Crippen LogP contribution in [0.3, 0.4) is 0 Å². The Kier molecular flexibility index (Phi) is 3.66. The number of aliphatic hydroxyl groups excluding tert-OH is 2. The summed E-state index contributed by atoms with van der Waals surface area (Å²) in [5, 5.41) is 31.7. The lowest BCUT2D eigenvalue weighted by atomic mass is 10.2. The van der Waals surface area contributed by atoms with Crippen LogP contribution in [0.25, 0.3) is 0 Å². The standard InChI is InChI=1S/C9H14N4O6/c10-7-5(13(17)18)2-12(9(16)11-7)8-6(15)1-4(3-14)19-8/h2,4,6-8,14-15H,1,3,10H2,(H,11,16)/t4-,6-,7?,8+/m0/s1. The van der Waals surface area contributed by atoms with Gasteiger partial charge in [-0.1, -0.05) is 0 Å². The third-order valence-electron chi connectivity index (χ3n) is 2.96. The molecule has 0 aromatic heterocycles. The molecule has 2 aliphatic heterocycles. The van der Waals surface area contributed by atoms with Crippen molar-refractivity contribution < 1.29 is 24.7 Å². The Balaban J connectivity index is 2.23. The zero-order chi connectivity index (χ0) is 14.2. The maximum atomic E-state index is 11.7. The van der Waals surface area contributed by atoms with Gasteiger partial charge >= 0.3 is 6.03 Å². The normalized spacial score (nSPS) is 35.0. The van der Waals surface area contributed by atoms with Gasteiger partial charge in [-0.25, -0.2) is 4.79 Å². The van der Waals surface area contributed by atoms with Crippen molar-refractivity contribution in [3.8, 4) is 0 Å². The Morgan fingerprint density at radius 3 is 2.89 bits per heavy atom. The Morgan fingerprint density at radius 2 is 2.37 bits per heavy atom. The number of rotatable bonds is 3. The van der Waals surface area contributed by atoms with Gasteiger partial charge < -0.3 is 26.0 Å². The van der Waals surface area contributed by atoms with E-state index in [2.05, 4.69) is 5.32 Å². The van der Waals surface area contributed by atoms with Crippen molar-refractivity contribution >= 4 is 6.03 Å². The fourth-order valence-electron chi connectivity index (χ4n) is 2.01. The molecule has 0 aromatic rings. The predicted octanol–water partition coefficient (Wildman–Crippen LogP) is -2.12. The number of hydrogen-bond donors (Lipinski definition) is 4. The van der Waals surface area contributed by atoms with E-state index in [9.17, 15) is 20.0 Å². The first-order valence-electron chi connectivity index (χ1n) is 5.59. The maximum Gasteiger partial charge on any atom is 0.325 e. The first-order chi connectivity index (χ1) is 8.93. The van der Waals surface area contributed by atoms with Gasteiger partial charge in [0.1, 0.15) is 6.10 Å². The molecule has 1 saturated heterocycles. The van der Waals surface area contributed by atoms with E-state index in [0.717, 1.165) is 11.1 Å². The molecule has 2 heterocycles. The van der Waals surface area contributed by atoms with Gasteiger partial charge in [0.25, 0.3) is 5.70 Å². The topological polar surface area (TPSA) is 151 Å². The summed E-state index contributed by atoms with van der Waals surface area (Å²) in [5.41, 5.74) is 4.99. The Labute approximate surface area is 107 Å². The highest BCUT2D eigenvalue weighted by Gasteiger charge is 2.43.